The van der Waals surface area contributed by atoms with Gasteiger partial charge in [0.2, 0.25) is 0 Å². The van der Waals surface area contributed by atoms with Crippen molar-refractivity contribution >= 4 is 27.9 Å². The number of halogens is 1. The van der Waals surface area contributed by atoms with Gasteiger partial charge in [-0.15, -0.1) is 0 Å². The van der Waals surface area contributed by atoms with Gasteiger partial charge in [-0.3, -0.25) is 4.79 Å². The minimum atomic E-state index is -0.538. The molecule has 4 nitrogen and oxygen atoms in total. The van der Waals surface area contributed by atoms with E-state index >= 15 is 0 Å². The minimum absolute atomic E-state index is 0.306. The molecule has 5 heteroatoms. The van der Waals surface area contributed by atoms with E-state index in [-0.39, 0.29) is 5.97 Å². The van der Waals surface area contributed by atoms with Gasteiger partial charge in [0.25, 0.3) is 0 Å². The van der Waals surface area contributed by atoms with Crippen LogP contribution in [-0.2, 0) is 14.3 Å². The van der Waals surface area contributed by atoms with Crippen molar-refractivity contribution < 1.29 is 19.1 Å². The van der Waals surface area contributed by atoms with Crippen LogP contribution in [0.2, 0.25) is 0 Å². The second kappa shape index (κ2) is 6.70. The molecular formula is C14H17BrO4. The maximum Gasteiger partial charge on any atom is 0.338 e. The van der Waals surface area contributed by atoms with Gasteiger partial charge < -0.3 is 9.47 Å². The quantitative estimate of drug-likeness (QED) is 0.796. The first-order valence-corrected chi connectivity index (χ1v) is 6.76. The Labute approximate surface area is 121 Å². The average molecular weight is 329 g/mol. The Kier molecular flexibility index (Phi) is 5.54. The first-order chi connectivity index (χ1) is 8.92. The van der Waals surface area contributed by atoms with E-state index in [0.29, 0.717) is 22.2 Å². The lowest BCUT2D eigenvalue weighted by molar-refractivity contribution is -0.144. The first kappa shape index (κ1) is 15.7. The molecule has 19 heavy (non-hydrogen) atoms. The summed E-state index contributed by atoms with van der Waals surface area (Å²) in [6.07, 6.45) is 0. The van der Waals surface area contributed by atoms with Crippen molar-refractivity contribution in [2.45, 2.75) is 26.7 Å². The molecule has 0 spiro atoms. The summed E-state index contributed by atoms with van der Waals surface area (Å²) in [5.74, 6) is -1.36. The lowest BCUT2D eigenvalue weighted by Crippen LogP contribution is -2.17. The summed E-state index contributed by atoms with van der Waals surface area (Å²) in [6.45, 7) is 5.63. The highest BCUT2D eigenvalue weighted by atomic mass is 79.9. The van der Waals surface area contributed by atoms with Gasteiger partial charge in [0.15, 0.2) is 0 Å². The summed E-state index contributed by atoms with van der Waals surface area (Å²) < 4.78 is 10.5. The molecule has 0 aliphatic heterocycles. The molecule has 1 rings (SSSR count). The zero-order valence-corrected chi connectivity index (χ0v) is 13.0. The van der Waals surface area contributed by atoms with Crippen LogP contribution >= 0.6 is 15.9 Å². The van der Waals surface area contributed by atoms with E-state index in [0.717, 1.165) is 5.56 Å². The third kappa shape index (κ3) is 3.56. The van der Waals surface area contributed by atoms with Gasteiger partial charge >= 0.3 is 11.9 Å². The zero-order valence-electron chi connectivity index (χ0n) is 11.5. The summed E-state index contributed by atoms with van der Waals surface area (Å²) in [6, 6.07) is 3.57. The van der Waals surface area contributed by atoms with Gasteiger partial charge in [-0.2, -0.15) is 0 Å². The summed E-state index contributed by atoms with van der Waals surface area (Å²) in [5.41, 5.74) is 1.89. The maximum absolute atomic E-state index is 11.8. The smallest absolute Gasteiger partial charge is 0.338 e. The number of benzene rings is 1. The number of methoxy groups -OCH3 is 1. The SMILES string of the molecule is CCOC(=O)C(C)c1c(Br)cc(C)cc1C(=O)OC. The lowest BCUT2D eigenvalue weighted by atomic mass is 9.94. The Morgan fingerprint density at radius 3 is 2.53 bits per heavy atom. The third-order valence-electron chi connectivity index (χ3n) is 2.75. The number of ether oxygens (including phenoxy) is 2. The van der Waals surface area contributed by atoms with Crippen LogP contribution in [0.5, 0.6) is 0 Å². The fourth-order valence-electron chi connectivity index (χ4n) is 1.86. The third-order valence-corrected chi connectivity index (χ3v) is 3.41. The molecular weight excluding hydrogens is 312 g/mol. The minimum Gasteiger partial charge on any atom is -0.466 e. The van der Waals surface area contributed by atoms with Crippen LogP contribution in [0.15, 0.2) is 16.6 Å². The van der Waals surface area contributed by atoms with Crippen LogP contribution in [0, 0.1) is 6.92 Å². The van der Waals surface area contributed by atoms with E-state index < -0.39 is 11.9 Å². The van der Waals surface area contributed by atoms with Crippen molar-refractivity contribution in [2.75, 3.05) is 13.7 Å². The van der Waals surface area contributed by atoms with E-state index in [1.807, 2.05) is 13.0 Å². The van der Waals surface area contributed by atoms with Crippen molar-refractivity contribution in [1.29, 1.82) is 0 Å². The summed E-state index contributed by atoms with van der Waals surface area (Å²) in [4.78, 5) is 23.7. The molecule has 1 unspecified atom stereocenters. The highest BCUT2D eigenvalue weighted by Crippen LogP contribution is 2.31. The average Bonchev–Trinajstić information content (AvgIpc) is 2.36. The molecule has 0 bridgehead atoms. The molecule has 1 aromatic rings. The molecule has 0 radical (unpaired) electrons. The lowest BCUT2D eigenvalue weighted by Gasteiger charge is -2.17. The van der Waals surface area contributed by atoms with Gasteiger partial charge in [0.05, 0.1) is 25.2 Å². The number of aryl methyl sites for hydroxylation is 1. The van der Waals surface area contributed by atoms with Crippen LogP contribution in [0.3, 0.4) is 0 Å². The first-order valence-electron chi connectivity index (χ1n) is 5.97. The van der Waals surface area contributed by atoms with Gasteiger partial charge in [-0.05, 0) is 44.0 Å². The van der Waals surface area contributed by atoms with Gasteiger partial charge in [-0.25, -0.2) is 4.79 Å². The number of rotatable bonds is 4. The topological polar surface area (TPSA) is 52.6 Å². The van der Waals surface area contributed by atoms with E-state index in [2.05, 4.69) is 15.9 Å². The fraction of sp³-hybridized carbons (Fsp3) is 0.429. The van der Waals surface area contributed by atoms with Gasteiger partial charge in [-0.1, -0.05) is 15.9 Å². The fourth-order valence-corrected chi connectivity index (χ4v) is 2.78. The predicted molar refractivity (Wildman–Crippen MR) is 75.3 cm³/mol. The molecule has 0 aliphatic rings. The van der Waals surface area contributed by atoms with Crippen molar-refractivity contribution in [1.82, 2.24) is 0 Å². The second-order valence-electron chi connectivity index (χ2n) is 4.17. The second-order valence-corrected chi connectivity index (χ2v) is 5.03. The van der Waals surface area contributed by atoms with Crippen LogP contribution in [0.4, 0.5) is 0 Å². The molecule has 0 saturated carbocycles. The number of carbonyl (C=O) groups is 2. The normalized spacial score (nSPS) is 11.8. The molecule has 1 aromatic carbocycles. The number of carbonyl (C=O) groups excluding carboxylic acids is 2. The number of hydrogen-bond donors (Lipinski definition) is 0. The summed E-state index contributed by atoms with van der Waals surface area (Å²) >= 11 is 3.40. The summed E-state index contributed by atoms with van der Waals surface area (Å²) in [5, 5.41) is 0. The molecule has 1 atom stereocenters. The van der Waals surface area contributed by atoms with Crippen LogP contribution in [-0.4, -0.2) is 25.7 Å². The largest absolute Gasteiger partial charge is 0.466 e. The molecule has 0 N–H and O–H groups in total. The van der Waals surface area contributed by atoms with Crippen LogP contribution in [0.25, 0.3) is 0 Å². The van der Waals surface area contributed by atoms with E-state index in [1.54, 1.807) is 19.9 Å². The Balaban J connectivity index is 3.32. The Morgan fingerprint density at radius 1 is 1.37 bits per heavy atom. The van der Waals surface area contributed by atoms with Crippen molar-refractivity contribution in [3.63, 3.8) is 0 Å². The molecule has 0 saturated heterocycles. The number of hydrogen-bond acceptors (Lipinski definition) is 4. The highest BCUT2D eigenvalue weighted by molar-refractivity contribution is 9.10. The van der Waals surface area contributed by atoms with E-state index in [1.165, 1.54) is 7.11 Å². The van der Waals surface area contributed by atoms with Crippen molar-refractivity contribution in [2.24, 2.45) is 0 Å². The maximum atomic E-state index is 11.8. The Morgan fingerprint density at radius 2 is 2.00 bits per heavy atom. The van der Waals surface area contributed by atoms with Gasteiger partial charge in [0, 0.05) is 4.47 Å². The molecule has 0 aliphatic carbocycles. The van der Waals surface area contributed by atoms with Crippen LogP contribution in [0.1, 0.15) is 41.3 Å². The molecule has 0 amide bonds. The van der Waals surface area contributed by atoms with Crippen molar-refractivity contribution in [3.05, 3.63) is 33.3 Å². The Bertz CT molecular complexity index is 496. The summed E-state index contributed by atoms with van der Waals surface area (Å²) in [7, 11) is 1.32. The van der Waals surface area contributed by atoms with E-state index in [4.69, 9.17) is 9.47 Å². The monoisotopic (exact) mass is 328 g/mol. The standard InChI is InChI=1S/C14H17BrO4/c1-5-19-13(16)9(3)12-10(14(17)18-4)6-8(2)7-11(12)15/h6-7,9H,5H2,1-4H3. The van der Waals surface area contributed by atoms with E-state index in [9.17, 15) is 9.59 Å². The Hall–Kier alpha value is -1.36. The molecule has 104 valence electrons. The number of esters is 2. The van der Waals surface area contributed by atoms with Crippen molar-refractivity contribution in [3.8, 4) is 0 Å². The molecule has 0 aromatic heterocycles. The predicted octanol–water partition coefficient (Wildman–Crippen LogP) is 3.21. The zero-order chi connectivity index (χ0) is 14.6. The van der Waals surface area contributed by atoms with Crippen LogP contribution < -0.4 is 0 Å². The molecule has 0 fully saturated rings. The van der Waals surface area contributed by atoms with Gasteiger partial charge in [0.1, 0.15) is 0 Å². The molecule has 0 heterocycles. The highest BCUT2D eigenvalue weighted by Gasteiger charge is 2.25.